The predicted octanol–water partition coefficient (Wildman–Crippen LogP) is 3.83. The fourth-order valence-corrected chi connectivity index (χ4v) is 2.94. The Bertz CT molecular complexity index is 982. The SMILES string of the molecule is CCOC(=O)COc1ccc(/C=C2/C(=O)N(c3ccccc3)N=C2C)cc1OCC. The van der Waals surface area contributed by atoms with E-state index in [1.54, 1.807) is 38.1 Å². The summed E-state index contributed by atoms with van der Waals surface area (Å²) in [6.07, 6.45) is 1.77. The summed E-state index contributed by atoms with van der Waals surface area (Å²) in [4.78, 5) is 24.4. The second kappa shape index (κ2) is 9.73. The number of hydrazone groups is 1. The van der Waals surface area contributed by atoms with E-state index in [0.717, 1.165) is 5.56 Å². The van der Waals surface area contributed by atoms with E-state index < -0.39 is 5.97 Å². The monoisotopic (exact) mass is 408 g/mol. The van der Waals surface area contributed by atoms with Crippen LogP contribution in [0.2, 0.25) is 0 Å². The summed E-state index contributed by atoms with van der Waals surface area (Å²) >= 11 is 0. The highest BCUT2D eigenvalue weighted by Crippen LogP contribution is 2.31. The van der Waals surface area contributed by atoms with Gasteiger partial charge in [0.1, 0.15) is 0 Å². The Kier molecular flexibility index (Phi) is 6.85. The first-order chi connectivity index (χ1) is 14.5. The summed E-state index contributed by atoms with van der Waals surface area (Å²) in [7, 11) is 0. The molecule has 0 radical (unpaired) electrons. The summed E-state index contributed by atoms with van der Waals surface area (Å²) < 4.78 is 16.1. The van der Waals surface area contributed by atoms with Crippen LogP contribution < -0.4 is 14.5 Å². The normalized spacial score (nSPS) is 14.6. The van der Waals surface area contributed by atoms with Gasteiger partial charge in [0, 0.05) is 0 Å². The lowest BCUT2D eigenvalue weighted by atomic mass is 10.1. The Balaban J connectivity index is 1.82. The summed E-state index contributed by atoms with van der Waals surface area (Å²) in [6.45, 7) is 5.91. The second-order valence-corrected chi connectivity index (χ2v) is 6.43. The van der Waals surface area contributed by atoms with E-state index in [1.807, 2.05) is 37.3 Å². The molecule has 0 atom stereocenters. The van der Waals surface area contributed by atoms with Gasteiger partial charge >= 0.3 is 5.97 Å². The van der Waals surface area contributed by atoms with E-state index in [1.165, 1.54) is 5.01 Å². The molecule has 1 aliphatic rings. The van der Waals surface area contributed by atoms with Crippen molar-refractivity contribution in [2.24, 2.45) is 5.10 Å². The molecule has 1 aliphatic heterocycles. The van der Waals surface area contributed by atoms with Crippen LogP contribution in [0.15, 0.2) is 59.2 Å². The first-order valence-electron chi connectivity index (χ1n) is 9.75. The third kappa shape index (κ3) is 4.86. The van der Waals surface area contributed by atoms with Crippen molar-refractivity contribution in [2.75, 3.05) is 24.8 Å². The average Bonchev–Trinajstić information content (AvgIpc) is 3.02. The Hall–Kier alpha value is -3.61. The molecule has 156 valence electrons. The van der Waals surface area contributed by atoms with Crippen LogP contribution in [0.5, 0.6) is 11.5 Å². The standard InChI is InChI=1S/C23H24N2O5/c1-4-28-21-14-17(11-12-20(21)30-15-22(26)29-5-2)13-19-16(3)24-25(23(19)27)18-9-7-6-8-10-18/h6-14H,4-5,15H2,1-3H3/b19-13+. The Morgan fingerprint density at radius 1 is 1.03 bits per heavy atom. The number of nitrogens with zero attached hydrogens (tertiary/aromatic N) is 2. The number of carbonyl (C=O) groups excluding carboxylic acids is 2. The van der Waals surface area contributed by atoms with E-state index in [0.29, 0.717) is 41.7 Å². The third-order valence-electron chi connectivity index (χ3n) is 4.29. The van der Waals surface area contributed by atoms with Crippen LogP contribution in [0.1, 0.15) is 26.3 Å². The molecule has 1 amide bonds. The van der Waals surface area contributed by atoms with Crippen molar-refractivity contribution in [3.8, 4) is 11.5 Å². The van der Waals surface area contributed by atoms with Crippen molar-refractivity contribution in [1.29, 1.82) is 0 Å². The molecule has 0 fully saturated rings. The topological polar surface area (TPSA) is 77.4 Å². The fourth-order valence-electron chi connectivity index (χ4n) is 2.94. The number of ether oxygens (including phenoxy) is 3. The molecular formula is C23H24N2O5. The van der Waals surface area contributed by atoms with Crippen LogP contribution in [0.3, 0.4) is 0 Å². The number of benzene rings is 2. The van der Waals surface area contributed by atoms with Gasteiger partial charge in [0.2, 0.25) is 0 Å². The van der Waals surface area contributed by atoms with Gasteiger partial charge in [-0.05, 0) is 56.7 Å². The van der Waals surface area contributed by atoms with E-state index in [4.69, 9.17) is 14.2 Å². The zero-order chi connectivity index (χ0) is 21.5. The number of hydrogen-bond acceptors (Lipinski definition) is 6. The van der Waals surface area contributed by atoms with Crippen molar-refractivity contribution in [2.45, 2.75) is 20.8 Å². The number of rotatable bonds is 8. The zero-order valence-electron chi connectivity index (χ0n) is 17.3. The number of carbonyl (C=O) groups is 2. The number of amides is 1. The van der Waals surface area contributed by atoms with Gasteiger partial charge in [-0.2, -0.15) is 10.1 Å². The van der Waals surface area contributed by atoms with Gasteiger partial charge in [-0.15, -0.1) is 0 Å². The van der Waals surface area contributed by atoms with Gasteiger partial charge in [-0.3, -0.25) is 4.79 Å². The minimum atomic E-state index is -0.449. The lowest BCUT2D eigenvalue weighted by molar-refractivity contribution is -0.145. The van der Waals surface area contributed by atoms with E-state index >= 15 is 0 Å². The van der Waals surface area contributed by atoms with Crippen LogP contribution in [0.25, 0.3) is 6.08 Å². The van der Waals surface area contributed by atoms with Crippen LogP contribution in [-0.4, -0.2) is 37.4 Å². The fraction of sp³-hybridized carbons (Fsp3) is 0.261. The molecule has 0 bridgehead atoms. The molecule has 7 nitrogen and oxygen atoms in total. The summed E-state index contributed by atoms with van der Waals surface area (Å²) in [5.41, 5.74) is 2.60. The van der Waals surface area contributed by atoms with Crippen LogP contribution in [0, 0.1) is 0 Å². The first-order valence-corrected chi connectivity index (χ1v) is 9.75. The maximum absolute atomic E-state index is 12.9. The van der Waals surface area contributed by atoms with Gasteiger partial charge in [0.25, 0.3) is 5.91 Å². The number of hydrogen-bond donors (Lipinski definition) is 0. The summed E-state index contributed by atoms with van der Waals surface area (Å²) in [5, 5.41) is 5.78. The summed E-state index contributed by atoms with van der Waals surface area (Å²) in [5.74, 6) is 0.270. The van der Waals surface area contributed by atoms with Crippen molar-refractivity contribution < 1.29 is 23.8 Å². The van der Waals surface area contributed by atoms with Crippen LogP contribution in [0.4, 0.5) is 5.69 Å². The molecule has 0 unspecified atom stereocenters. The molecule has 0 saturated carbocycles. The zero-order valence-corrected chi connectivity index (χ0v) is 17.3. The number of esters is 1. The Morgan fingerprint density at radius 3 is 2.50 bits per heavy atom. The highest BCUT2D eigenvalue weighted by molar-refractivity contribution is 6.32. The van der Waals surface area contributed by atoms with Gasteiger partial charge < -0.3 is 14.2 Å². The highest BCUT2D eigenvalue weighted by Gasteiger charge is 2.28. The Labute approximate surface area is 175 Å². The first kappa shape index (κ1) is 21.1. The largest absolute Gasteiger partial charge is 0.490 e. The van der Waals surface area contributed by atoms with E-state index in [2.05, 4.69) is 5.10 Å². The van der Waals surface area contributed by atoms with Gasteiger partial charge in [-0.25, -0.2) is 4.79 Å². The lowest BCUT2D eigenvalue weighted by Gasteiger charge is -2.13. The molecule has 0 spiro atoms. The molecule has 0 aliphatic carbocycles. The minimum Gasteiger partial charge on any atom is -0.490 e. The Morgan fingerprint density at radius 2 is 1.80 bits per heavy atom. The van der Waals surface area contributed by atoms with E-state index in [-0.39, 0.29) is 12.5 Å². The smallest absolute Gasteiger partial charge is 0.344 e. The summed E-state index contributed by atoms with van der Waals surface area (Å²) in [6, 6.07) is 14.5. The molecule has 2 aromatic rings. The minimum absolute atomic E-state index is 0.195. The molecule has 2 aromatic carbocycles. The van der Waals surface area contributed by atoms with Gasteiger partial charge in [-0.1, -0.05) is 24.3 Å². The van der Waals surface area contributed by atoms with Crippen molar-refractivity contribution in [3.05, 3.63) is 59.7 Å². The van der Waals surface area contributed by atoms with Crippen LogP contribution >= 0.6 is 0 Å². The van der Waals surface area contributed by atoms with Crippen molar-refractivity contribution in [1.82, 2.24) is 0 Å². The molecule has 3 rings (SSSR count). The molecule has 7 heteroatoms. The lowest BCUT2D eigenvalue weighted by Crippen LogP contribution is -2.21. The second-order valence-electron chi connectivity index (χ2n) is 6.43. The molecule has 30 heavy (non-hydrogen) atoms. The quantitative estimate of drug-likeness (QED) is 0.490. The predicted molar refractivity (Wildman–Crippen MR) is 115 cm³/mol. The number of para-hydroxylation sites is 1. The van der Waals surface area contributed by atoms with Crippen molar-refractivity contribution >= 4 is 29.4 Å². The maximum atomic E-state index is 12.9. The third-order valence-corrected chi connectivity index (χ3v) is 4.29. The highest BCUT2D eigenvalue weighted by atomic mass is 16.6. The molecule has 0 saturated heterocycles. The van der Waals surface area contributed by atoms with Gasteiger partial charge in [0.05, 0.1) is 30.2 Å². The van der Waals surface area contributed by atoms with Gasteiger partial charge in [0.15, 0.2) is 18.1 Å². The van der Waals surface area contributed by atoms with Crippen molar-refractivity contribution in [3.63, 3.8) is 0 Å². The molecular weight excluding hydrogens is 384 g/mol. The average molecular weight is 408 g/mol. The molecule has 1 heterocycles. The molecule has 0 aromatic heterocycles. The van der Waals surface area contributed by atoms with Crippen LogP contribution in [-0.2, 0) is 14.3 Å². The maximum Gasteiger partial charge on any atom is 0.344 e. The van der Waals surface area contributed by atoms with E-state index in [9.17, 15) is 9.59 Å². The molecule has 0 N–H and O–H groups in total. The number of anilines is 1.